The Morgan fingerprint density at radius 3 is 1.95 bits per heavy atom. The summed E-state index contributed by atoms with van der Waals surface area (Å²) in [5, 5.41) is 6.93. The lowest BCUT2D eigenvalue weighted by atomic mass is 9.93. The van der Waals surface area contributed by atoms with Gasteiger partial charge in [-0.1, -0.05) is 35.9 Å². The second-order valence-electron chi connectivity index (χ2n) is 3.73. The molecule has 0 atom stereocenters. The summed E-state index contributed by atoms with van der Waals surface area (Å²) in [6.45, 7) is -2.01. The van der Waals surface area contributed by atoms with Crippen LogP contribution in [0.2, 0.25) is 0 Å². The number of hydrogen-bond donors (Lipinski definition) is 2. The van der Waals surface area contributed by atoms with E-state index in [0.29, 0.717) is 11.1 Å². The maximum Gasteiger partial charge on any atom is 0.381 e. The Balaban J connectivity index is 0.000000286. The van der Waals surface area contributed by atoms with Crippen molar-refractivity contribution in [2.45, 2.75) is 6.11 Å². The Kier molecular flexibility index (Phi) is 4.91. The van der Waals surface area contributed by atoms with Gasteiger partial charge >= 0.3 is 6.11 Å². The number of allylic oxidation sites excluding steroid dienone is 2. The van der Waals surface area contributed by atoms with Gasteiger partial charge in [0.2, 0.25) is 11.6 Å². The number of alkyl halides is 3. The zero-order chi connectivity index (χ0) is 15.5. The van der Waals surface area contributed by atoms with E-state index in [9.17, 15) is 22.8 Å². The van der Waals surface area contributed by atoms with Crippen molar-refractivity contribution < 1.29 is 27.9 Å². The molecule has 1 aliphatic rings. The lowest BCUT2D eigenvalue weighted by Gasteiger charge is -2.13. The monoisotopic (exact) mass is 307 g/mol. The molecule has 0 bridgehead atoms. The van der Waals surface area contributed by atoms with Crippen molar-refractivity contribution >= 4 is 23.2 Å². The molecule has 0 heterocycles. The molecule has 0 unspecified atom stereocenters. The molecule has 0 spiro atoms. The third-order valence-electron chi connectivity index (χ3n) is 2.26. The van der Waals surface area contributed by atoms with Crippen molar-refractivity contribution in [3.05, 3.63) is 46.1 Å². The number of aliphatic hydroxyl groups is 1. The lowest BCUT2D eigenvalue weighted by Crippen LogP contribution is -2.24. The largest absolute Gasteiger partial charge is 0.394 e. The average Bonchev–Trinajstić information content (AvgIpc) is 2.42. The fourth-order valence-electron chi connectivity index (χ4n) is 1.36. The highest BCUT2D eigenvalue weighted by molar-refractivity contribution is 6.49. The van der Waals surface area contributed by atoms with Gasteiger partial charge in [-0.2, -0.15) is 8.78 Å². The second-order valence-corrected chi connectivity index (χ2v) is 4.11. The van der Waals surface area contributed by atoms with Crippen LogP contribution in [-0.2, 0) is 0 Å². The molecule has 4 nitrogen and oxygen atoms in total. The summed E-state index contributed by atoms with van der Waals surface area (Å²) in [6.07, 6.45) is -4.12. The third kappa shape index (κ3) is 3.58. The van der Waals surface area contributed by atoms with E-state index in [4.69, 9.17) is 22.4 Å². The van der Waals surface area contributed by atoms with E-state index in [-0.39, 0.29) is 22.3 Å². The number of nitrogens with two attached hydrogens (primary N) is 1. The molecule has 3 N–H and O–H groups in total. The van der Waals surface area contributed by atoms with E-state index < -0.39 is 12.8 Å². The third-order valence-corrected chi connectivity index (χ3v) is 2.63. The molecule has 0 radical (unpaired) electrons. The van der Waals surface area contributed by atoms with E-state index in [1.54, 1.807) is 24.3 Å². The van der Waals surface area contributed by atoms with Gasteiger partial charge in [0.25, 0.3) is 0 Å². The molecule has 0 amide bonds. The van der Waals surface area contributed by atoms with Crippen molar-refractivity contribution in [2.75, 3.05) is 6.67 Å². The SMILES string of the molecule is NC1=C(Cl)C(=O)c2ccccc2C1=O.OC(F)(F)CF. The highest BCUT2D eigenvalue weighted by atomic mass is 35.5. The topological polar surface area (TPSA) is 80.4 Å². The highest BCUT2D eigenvalue weighted by Gasteiger charge is 2.29. The second kappa shape index (κ2) is 6.06. The molecule has 1 aromatic rings. The van der Waals surface area contributed by atoms with Gasteiger partial charge in [-0.05, 0) is 0 Å². The van der Waals surface area contributed by atoms with Crippen LogP contribution in [0.3, 0.4) is 0 Å². The zero-order valence-electron chi connectivity index (χ0n) is 9.87. The minimum atomic E-state index is -4.12. The Morgan fingerprint density at radius 2 is 1.55 bits per heavy atom. The number of fused-ring (bicyclic) bond motifs is 1. The number of halogens is 4. The Morgan fingerprint density at radius 1 is 1.15 bits per heavy atom. The lowest BCUT2D eigenvalue weighted by molar-refractivity contribution is -0.208. The van der Waals surface area contributed by atoms with Crippen LogP contribution in [-0.4, -0.2) is 29.5 Å². The molecule has 1 aliphatic carbocycles. The minimum absolute atomic E-state index is 0.171. The van der Waals surface area contributed by atoms with Crippen LogP contribution in [0.25, 0.3) is 0 Å². The Labute approximate surface area is 116 Å². The first kappa shape index (κ1) is 16.2. The fraction of sp³-hybridized carbons (Fsp3) is 0.167. The zero-order valence-corrected chi connectivity index (χ0v) is 10.6. The molecule has 0 saturated carbocycles. The molecule has 0 fully saturated rings. The Hall–Kier alpha value is -1.86. The van der Waals surface area contributed by atoms with Gasteiger partial charge in [0, 0.05) is 11.1 Å². The number of ketones is 2. The average molecular weight is 308 g/mol. The number of carbonyl (C=O) groups is 2. The van der Waals surface area contributed by atoms with Gasteiger partial charge in [0.05, 0.1) is 0 Å². The van der Waals surface area contributed by atoms with Crippen LogP contribution in [0.15, 0.2) is 35.0 Å². The first-order chi connectivity index (χ1) is 9.19. The standard InChI is InChI=1S/C10H6ClNO2.C2H3F3O/c11-7-8(12)10(14)6-4-2-1-3-5(6)9(7)13;3-1-2(4,5)6/h1-4H,12H2;6H,1H2. The van der Waals surface area contributed by atoms with E-state index in [0.717, 1.165) is 0 Å². The maximum atomic E-state index is 11.6. The molecule has 20 heavy (non-hydrogen) atoms. The summed E-state index contributed by atoms with van der Waals surface area (Å²) < 4.78 is 31.8. The smallest absolute Gasteiger partial charge is 0.381 e. The van der Waals surface area contributed by atoms with Crippen LogP contribution in [0.5, 0.6) is 0 Å². The molecule has 0 aromatic heterocycles. The van der Waals surface area contributed by atoms with E-state index in [2.05, 4.69) is 0 Å². The number of Topliss-reactive ketones (excluding diaryl/α,β-unsaturated/α-hetero) is 2. The summed E-state index contributed by atoms with van der Waals surface area (Å²) >= 11 is 5.62. The van der Waals surface area contributed by atoms with Gasteiger partial charge in [0.15, 0.2) is 6.67 Å². The quantitative estimate of drug-likeness (QED) is 0.832. The van der Waals surface area contributed by atoms with Gasteiger partial charge < -0.3 is 10.8 Å². The normalized spacial score (nSPS) is 14.7. The molecule has 1 aromatic carbocycles. The molecule has 2 rings (SSSR count). The first-order valence-corrected chi connectivity index (χ1v) is 5.56. The van der Waals surface area contributed by atoms with Gasteiger partial charge in [-0.15, -0.1) is 0 Å². The summed E-state index contributed by atoms with van der Waals surface area (Å²) in [4.78, 5) is 23.1. The predicted octanol–water partition coefficient (Wildman–Crippen LogP) is 2.02. The van der Waals surface area contributed by atoms with E-state index >= 15 is 0 Å². The molecule has 108 valence electrons. The van der Waals surface area contributed by atoms with Crippen molar-refractivity contribution in [1.82, 2.24) is 0 Å². The van der Waals surface area contributed by atoms with Crippen molar-refractivity contribution in [2.24, 2.45) is 5.73 Å². The first-order valence-electron chi connectivity index (χ1n) is 5.19. The van der Waals surface area contributed by atoms with Gasteiger partial charge in [-0.25, -0.2) is 4.39 Å². The van der Waals surface area contributed by atoms with Crippen LogP contribution in [0, 0.1) is 0 Å². The maximum absolute atomic E-state index is 11.6. The van der Waals surface area contributed by atoms with Crippen molar-refractivity contribution in [3.63, 3.8) is 0 Å². The summed E-state index contributed by atoms with van der Waals surface area (Å²) in [5.41, 5.74) is 5.87. The number of carbonyl (C=O) groups excluding carboxylic acids is 2. The van der Waals surface area contributed by atoms with Crippen LogP contribution in [0.1, 0.15) is 20.7 Å². The molecular formula is C12H9ClF3NO3. The van der Waals surface area contributed by atoms with E-state index in [1.165, 1.54) is 0 Å². The van der Waals surface area contributed by atoms with Crippen molar-refractivity contribution in [3.8, 4) is 0 Å². The molecule has 0 aliphatic heterocycles. The predicted molar refractivity (Wildman–Crippen MR) is 65.3 cm³/mol. The summed E-state index contributed by atoms with van der Waals surface area (Å²) in [6, 6.07) is 6.47. The van der Waals surface area contributed by atoms with Gasteiger partial charge in [0.1, 0.15) is 10.7 Å². The number of benzene rings is 1. The summed E-state index contributed by atoms with van der Waals surface area (Å²) in [5.74, 6) is -0.774. The summed E-state index contributed by atoms with van der Waals surface area (Å²) in [7, 11) is 0. The number of rotatable bonds is 1. The molecular weight excluding hydrogens is 299 g/mol. The fourth-order valence-corrected chi connectivity index (χ4v) is 1.55. The number of hydrogen-bond acceptors (Lipinski definition) is 4. The van der Waals surface area contributed by atoms with Crippen LogP contribution < -0.4 is 5.73 Å². The minimum Gasteiger partial charge on any atom is -0.394 e. The molecule has 0 saturated heterocycles. The van der Waals surface area contributed by atoms with E-state index in [1.807, 2.05) is 0 Å². The highest BCUT2D eigenvalue weighted by Crippen LogP contribution is 2.25. The Bertz CT molecular complexity index is 539. The molecule has 8 heteroatoms. The van der Waals surface area contributed by atoms with Crippen LogP contribution in [0.4, 0.5) is 13.2 Å². The van der Waals surface area contributed by atoms with Crippen LogP contribution >= 0.6 is 11.6 Å². The van der Waals surface area contributed by atoms with Crippen molar-refractivity contribution in [1.29, 1.82) is 0 Å². The van der Waals surface area contributed by atoms with Gasteiger partial charge in [-0.3, -0.25) is 9.59 Å².